The van der Waals surface area contributed by atoms with Crippen molar-refractivity contribution in [3.8, 4) is 0 Å². The zero-order chi connectivity index (χ0) is 13.5. The van der Waals surface area contributed by atoms with E-state index >= 15 is 0 Å². The van der Waals surface area contributed by atoms with Gasteiger partial charge in [-0.15, -0.1) is 0 Å². The van der Waals surface area contributed by atoms with Crippen molar-refractivity contribution in [2.45, 2.75) is 39.2 Å². The van der Waals surface area contributed by atoms with Crippen LogP contribution < -0.4 is 5.32 Å². The van der Waals surface area contributed by atoms with Crippen LogP contribution in [0.4, 0.5) is 0 Å². The van der Waals surface area contributed by atoms with E-state index in [2.05, 4.69) is 5.32 Å². The molecule has 1 fully saturated rings. The molecule has 0 unspecified atom stereocenters. The lowest BCUT2D eigenvalue weighted by molar-refractivity contribution is -0.132. The third-order valence-electron chi connectivity index (χ3n) is 3.40. The Balaban J connectivity index is 2.10. The Morgan fingerprint density at radius 3 is 2.28 bits per heavy atom. The minimum atomic E-state index is 0.118. The molecule has 5 nitrogen and oxygen atoms in total. The van der Waals surface area contributed by atoms with E-state index in [4.69, 9.17) is 0 Å². The molecule has 0 aromatic rings. The Kier molecular flexibility index (Phi) is 6.12. The van der Waals surface area contributed by atoms with Gasteiger partial charge in [-0.25, -0.2) is 0 Å². The number of hydrogen-bond donors (Lipinski definition) is 1. The standard InChI is InChI=1S/C13H25N3O2/c1-4-16(5-2)12(17)8-9-14-10-13(18)15(3)11-6-7-11/h11,14H,4-10H2,1-3H3. The average molecular weight is 255 g/mol. The second kappa shape index (κ2) is 7.36. The highest BCUT2D eigenvalue weighted by Gasteiger charge is 2.28. The largest absolute Gasteiger partial charge is 0.343 e. The molecule has 0 heterocycles. The highest BCUT2D eigenvalue weighted by atomic mass is 16.2. The van der Waals surface area contributed by atoms with Crippen molar-refractivity contribution in [1.82, 2.24) is 15.1 Å². The van der Waals surface area contributed by atoms with Gasteiger partial charge in [0.15, 0.2) is 0 Å². The number of carbonyl (C=O) groups is 2. The molecule has 1 N–H and O–H groups in total. The van der Waals surface area contributed by atoms with Crippen LogP contribution in [0.15, 0.2) is 0 Å². The van der Waals surface area contributed by atoms with E-state index in [-0.39, 0.29) is 11.8 Å². The van der Waals surface area contributed by atoms with Gasteiger partial charge in [0, 0.05) is 39.1 Å². The van der Waals surface area contributed by atoms with Gasteiger partial charge in [0.05, 0.1) is 6.54 Å². The van der Waals surface area contributed by atoms with Crippen LogP contribution in [0.2, 0.25) is 0 Å². The Morgan fingerprint density at radius 1 is 1.17 bits per heavy atom. The minimum absolute atomic E-state index is 0.118. The van der Waals surface area contributed by atoms with Crippen LogP contribution in [0.1, 0.15) is 33.1 Å². The van der Waals surface area contributed by atoms with Crippen LogP contribution in [-0.2, 0) is 9.59 Å². The van der Waals surface area contributed by atoms with E-state index in [1.807, 2.05) is 20.9 Å². The van der Waals surface area contributed by atoms with E-state index in [0.29, 0.717) is 25.6 Å². The molecular weight excluding hydrogens is 230 g/mol. The molecule has 1 aliphatic rings. The first kappa shape index (κ1) is 15.0. The normalized spacial score (nSPS) is 14.4. The van der Waals surface area contributed by atoms with Gasteiger partial charge in [0.2, 0.25) is 11.8 Å². The summed E-state index contributed by atoms with van der Waals surface area (Å²) in [5.74, 6) is 0.267. The molecule has 0 atom stereocenters. The number of carbonyl (C=O) groups excluding carboxylic acids is 2. The summed E-state index contributed by atoms with van der Waals surface area (Å²) in [6.45, 7) is 6.35. The molecule has 1 saturated carbocycles. The predicted octanol–water partition coefficient (Wildman–Crippen LogP) is 0.455. The summed E-state index contributed by atoms with van der Waals surface area (Å²) in [7, 11) is 1.85. The van der Waals surface area contributed by atoms with Crippen LogP contribution in [0.5, 0.6) is 0 Å². The lowest BCUT2D eigenvalue weighted by Crippen LogP contribution is -2.38. The number of nitrogens with zero attached hydrogens (tertiary/aromatic N) is 2. The third kappa shape index (κ3) is 4.64. The molecular formula is C13H25N3O2. The van der Waals surface area contributed by atoms with Gasteiger partial charge in [-0.1, -0.05) is 0 Å². The van der Waals surface area contributed by atoms with E-state index in [1.165, 1.54) is 0 Å². The second-order valence-electron chi connectivity index (χ2n) is 4.73. The number of hydrogen-bond acceptors (Lipinski definition) is 3. The lowest BCUT2D eigenvalue weighted by atomic mass is 10.3. The Labute approximate surface area is 110 Å². The molecule has 0 aromatic carbocycles. The van der Waals surface area contributed by atoms with Crippen molar-refractivity contribution in [3.05, 3.63) is 0 Å². The zero-order valence-electron chi connectivity index (χ0n) is 11.7. The Bertz CT molecular complexity index is 270. The van der Waals surface area contributed by atoms with Crippen molar-refractivity contribution in [2.24, 2.45) is 0 Å². The fourth-order valence-electron chi connectivity index (χ4n) is 1.92. The maximum Gasteiger partial charge on any atom is 0.236 e. The summed E-state index contributed by atoms with van der Waals surface area (Å²) < 4.78 is 0. The maximum absolute atomic E-state index is 11.7. The minimum Gasteiger partial charge on any atom is -0.343 e. The van der Waals surface area contributed by atoms with Crippen LogP contribution >= 0.6 is 0 Å². The fraction of sp³-hybridized carbons (Fsp3) is 0.846. The van der Waals surface area contributed by atoms with Gasteiger partial charge < -0.3 is 15.1 Å². The number of likely N-dealkylation sites (N-methyl/N-ethyl adjacent to an activating group) is 1. The molecule has 1 aliphatic carbocycles. The highest BCUT2D eigenvalue weighted by Crippen LogP contribution is 2.24. The molecule has 0 aromatic heterocycles. The van der Waals surface area contributed by atoms with Gasteiger partial charge >= 0.3 is 0 Å². The van der Waals surface area contributed by atoms with E-state index in [0.717, 1.165) is 25.9 Å². The van der Waals surface area contributed by atoms with E-state index in [1.54, 1.807) is 9.80 Å². The van der Waals surface area contributed by atoms with Gasteiger partial charge in [-0.2, -0.15) is 0 Å². The molecule has 0 radical (unpaired) electrons. The van der Waals surface area contributed by atoms with Crippen LogP contribution in [0, 0.1) is 0 Å². The van der Waals surface area contributed by atoms with Gasteiger partial charge in [-0.3, -0.25) is 9.59 Å². The molecule has 0 bridgehead atoms. The van der Waals surface area contributed by atoms with Crippen molar-refractivity contribution in [1.29, 1.82) is 0 Å². The Morgan fingerprint density at radius 2 is 1.78 bits per heavy atom. The number of rotatable bonds is 8. The topological polar surface area (TPSA) is 52.7 Å². The quantitative estimate of drug-likeness (QED) is 0.641. The monoisotopic (exact) mass is 255 g/mol. The third-order valence-corrected chi connectivity index (χ3v) is 3.40. The van der Waals surface area contributed by atoms with Crippen LogP contribution in [0.25, 0.3) is 0 Å². The smallest absolute Gasteiger partial charge is 0.236 e. The molecule has 5 heteroatoms. The first-order chi connectivity index (χ1) is 8.60. The second-order valence-corrected chi connectivity index (χ2v) is 4.73. The zero-order valence-corrected chi connectivity index (χ0v) is 11.7. The highest BCUT2D eigenvalue weighted by molar-refractivity contribution is 5.79. The summed E-state index contributed by atoms with van der Waals surface area (Å²) in [5.41, 5.74) is 0. The van der Waals surface area contributed by atoms with Crippen LogP contribution in [0.3, 0.4) is 0 Å². The van der Waals surface area contributed by atoms with Gasteiger partial charge in [-0.05, 0) is 26.7 Å². The SMILES string of the molecule is CCN(CC)C(=O)CCNCC(=O)N(C)C1CC1. The van der Waals surface area contributed by atoms with Gasteiger partial charge in [0.25, 0.3) is 0 Å². The average Bonchev–Trinajstić information content (AvgIpc) is 3.19. The van der Waals surface area contributed by atoms with Crippen LogP contribution in [-0.4, -0.2) is 60.9 Å². The van der Waals surface area contributed by atoms with Crippen molar-refractivity contribution in [3.63, 3.8) is 0 Å². The first-order valence-corrected chi connectivity index (χ1v) is 6.84. The summed E-state index contributed by atoms with van der Waals surface area (Å²) in [4.78, 5) is 27.0. The predicted molar refractivity (Wildman–Crippen MR) is 71.2 cm³/mol. The summed E-state index contributed by atoms with van der Waals surface area (Å²) >= 11 is 0. The summed E-state index contributed by atoms with van der Waals surface area (Å²) in [5, 5.41) is 3.04. The molecule has 0 spiro atoms. The summed E-state index contributed by atoms with van der Waals surface area (Å²) in [6.07, 6.45) is 2.72. The van der Waals surface area contributed by atoms with Crippen molar-refractivity contribution in [2.75, 3.05) is 33.2 Å². The maximum atomic E-state index is 11.7. The van der Waals surface area contributed by atoms with E-state index in [9.17, 15) is 9.59 Å². The van der Waals surface area contributed by atoms with Gasteiger partial charge in [0.1, 0.15) is 0 Å². The van der Waals surface area contributed by atoms with Crippen molar-refractivity contribution < 1.29 is 9.59 Å². The lowest BCUT2D eigenvalue weighted by Gasteiger charge is -2.19. The fourth-order valence-corrected chi connectivity index (χ4v) is 1.92. The molecule has 2 amide bonds. The van der Waals surface area contributed by atoms with E-state index < -0.39 is 0 Å². The number of amides is 2. The Hall–Kier alpha value is -1.10. The summed E-state index contributed by atoms with van der Waals surface area (Å²) in [6, 6.07) is 0.455. The first-order valence-electron chi connectivity index (χ1n) is 6.84. The van der Waals surface area contributed by atoms with Crippen molar-refractivity contribution >= 4 is 11.8 Å². The molecule has 18 heavy (non-hydrogen) atoms. The number of nitrogens with one attached hydrogen (secondary N) is 1. The molecule has 0 saturated heterocycles. The molecule has 0 aliphatic heterocycles. The molecule has 104 valence electrons. The molecule has 1 rings (SSSR count).